The van der Waals surface area contributed by atoms with Crippen LogP contribution < -0.4 is 10.6 Å². The van der Waals surface area contributed by atoms with Crippen molar-refractivity contribution >= 4 is 23.6 Å². The lowest BCUT2D eigenvalue weighted by Gasteiger charge is -2.41. The van der Waals surface area contributed by atoms with E-state index in [2.05, 4.69) is 27.7 Å². The number of hydrogen-bond donors (Lipinski definition) is 2. The fourth-order valence-electron chi connectivity index (χ4n) is 6.91. The maximum atomic E-state index is 13.9. The number of nitrogens with one attached hydrogen (secondary N) is 2. The molecule has 2 atom stereocenters. The third-order valence-corrected chi connectivity index (χ3v) is 9.64. The molecule has 2 N–H and O–H groups in total. The van der Waals surface area contributed by atoms with E-state index in [0.717, 1.165) is 32.5 Å². The number of fused-ring (bicyclic) bond motifs is 15. The maximum Gasteiger partial charge on any atom is 0.251 e. The van der Waals surface area contributed by atoms with Crippen LogP contribution in [0.25, 0.3) is 0 Å². The number of benzene rings is 2. The number of carbonyl (C=O) groups is 4. The molecular weight excluding hydrogens is 617 g/mol. The molecule has 0 aliphatic carbocycles. The van der Waals surface area contributed by atoms with Crippen LogP contribution in [0.15, 0.2) is 54.6 Å². The summed E-state index contributed by atoms with van der Waals surface area (Å²) in [6.07, 6.45) is 3.05. The summed E-state index contributed by atoms with van der Waals surface area (Å²) in [7, 11) is 0. The average Bonchev–Trinajstić information content (AvgIpc) is 3.09. The second-order valence-electron chi connectivity index (χ2n) is 12.9. The smallest absolute Gasteiger partial charge is 0.251 e. The second kappa shape index (κ2) is 18.0. The SMILES string of the molecule is O=C1C[C@@H]2CCN(C[C@@H]2CCNC(=O)c2ccc(F)cc2)C(=O)CN(C2CCN(Cc3ccccc3)CC2)C(=O)COCCOCCN1. The summed E-state index contributed by atoms with van der Waals surface area (Å²) in [5.41, 5.74) is 1.61. The zero-order valence-corrected chi connectivity index (χ0v) is 27.6. The van der Waals surface area contributed by atoms with Crippen LogP contribution in [0.3, 0.4) is 0 Å². The van der Waals surface area contributed by atoms with Gasteiger partial charge in [0.1, 0.15) is 19.0 Å². The summed E-state index contributed by atoms with van der Waals surface area (Å²) in [5, 5.41) is 5.82. The number of piperidine rings is 2. The van der Waals surface area contributed by atoms with Crippen molar-refractivity contribution in [2.45, 2.75) is 44.7 Å². The van der Waals surface area contributed by atoms with Gasteiger partial charge in [0.15, 0.2) is 0 Å². The van der Waals surface area contributed by atoms with Gasteiger partial charge in [-0.1, -0.05) is 30.3 Å². The molecule has 0 unspecified atom stereocenters. The van der Waals surface area contributed by atoms with Gasteiger partial charge in [-0.25, -0.2) is 4.39 Å². The van der Waals surface area contributed by atoms with Gasteiger partial charge in [-0.15, -0.1) is 0 Å². The first-order chi connectivity index (χ1) is 23.4. The molecule has 11 nitrogen and oxygen atoms in total. The van der Waals surface area contributed by atoms with Gasteiger partial charge in [0.25, 0.3) is 5.91 Å². The van der Waals surface area contributed by atoms with E-state index in [4.69, 9.17) is 9.47 Å². The fraction of sp³-hybridized carbons (Fsp3) is 0.556. The second-order valence-corrected chi connectivity index (χ2v) is 12.9. The first kappa shape index (κ1) is 35.4. The van der Waals surface area contributed by atoms with E-state index < -0.39 is 5.82 Å². The maximum absolute atomic E-state index is 13.9. The van der Waals surface area contributed by atoms with Crippen molar-refractivity contribution in [3.05, 3.63) is 71.5 Å². The number of amides is 4. The van der Waals surface area contributed by atoms with E-state index in [9.17, 15) is 23.6 Å². The molecule has 260 valence electrons. The summed E-state index contributed by atoms with van der Waals surface area (Å²) < 4.78 is 24.6. The highest BCUT2D eigenvalue weighted by Crippen LogP contribution is 2.30. The molecule has 48 heavy (non-hydrogen) atoms. The Kier molecular flexibility index (Phi) is 13.3. The molecule has 12 heteroatoms. The molecule has 2 aromatic rings. The molecule has 2 aromatic carbocycles. The van der Waals surface area contributed by atoms with Gasteiger partial charge in [0, 0.05) is 63.8 Å². The van der Waals surface area contributed by atoms with Crippen LogP contribution in [0.1, 0.15) is 48.0 Å². The standard InChI is InChI=1S/C36H48FN5O6/c37-31-8-6-28(7-9-31)36(46)39-14-10-30-24-41-18-11-29(30)22-33(43)38-15-19-47-20-21-48-26-35(45)42(25-34(41)44)32-12-16-40(17-13-32)23-27-4-2-1-3-5-27/h1-9,29-30,32H,10-26H2,(H,38,43)(H,39,46)/t29-,30-/m0/s1. The number of likely N-dealkylation sites (tertiary alicyclic amines) is 1. The highest BCUT2D eigenvalue weighted by Gasteiger charge is 2.35. The molecule has 4 saturated heterocycles. The number of ether oxygens (including phenoxy) is 2. The molecule has 4 amide bonds. The first-order valence-corrected chi connectivity index (χ1v) is 17.1. The lowest BCUT2D eigenvalue weighted by Crippen LogP contribution is -2.54. The monoisotopic (exact) mass is 665 g/mol. The summed E-state index contributed by atoms with van der Waals surface area (Å²) in [6.45, 7) is 4.85. The van der Waals surface area contributed by atoms with Crippen molar-refractivity contribution < 1.29 is 33.0 Å². The van der Waals surface area contributed by atoms with E-state index in [1.165, 1.54) is 29.8 Å². The van der Waals surface area contributed by atoms with Crippen molar-refractivity contribution in [2.24, 2.45) is 11.8 Å². The molecule has 0 radical (unpaired) electrons. The van der Waals surface area contributed by atoms with Crippen LogP contribution in [-0.2, 0) is 30.4 Å². The Morgan fingerprint density at radius 1 is 0.896 bits per heavy atom. The normalized spacial score (nSPS) is 23.0. The molecule has 2 bridgehead atoms. The third kappa shape index (κ3) is 10.6. The van der Waals surface area contributed by atoms with Crippen LogP contribution in [0.5, 0.6) is 0 Å². The van der Waals surface area contributed by atoms with Gasteiger partial charge in [0.2, 0.25) is 17.7 Å². The lowest BCUT2D eigenvalue weighted by molar-refractivity contribution is -0.148. The van der Waals surface area contributed by atoms with Crippen molar-refractivity contribution in [3.63, 3.8) is 0 Å². The Balaban J connectivity index is 1.24. The minimum atomic E-state index is -0.412. The number of carbonyl (C=O) groups excluding carboxylic acids is 4. The Bertz CT molecular complexity index is 1350. The molecule has 4 heterocycles. The molecule has 0 aromatic heterocycles. The van der Waals surface area contributed by atoms with Gasteiger partial charge in [-0.05, 0) is 67.3 Å². The summed E-state index contributed by atoms with van der Waals surface area (Å²) >= 11 is 0. The van der Waals surface area contributed by atoms with Crippen LogP contribution in [0.4, 0.5) is 4.39 Å². The number of nitrogens with zero attached hydrogens (tertiary/aromatic N) is 3. The molecular formula is C36H48FN5O6. The Hall–Kier alpha value is -3.87. The van der Waals surface area contributed by atoms with Crippen molar-refractivity contribution in [2.75, 3.05) is 72.2 Å². The predicted molar refractivity (Wildman–Crippen MR) is 177 cm³/mol. The summed E-state index contributed by atoms with van der Waals surface area (Å²) in [5.74, 6) is -1.12. The lowest BCUT2D eigenvalue weighted by atomic mass is 9.80. The minimum absolute atomic E-state index is 0.0247. The zero-order chi connectivity index (χ0) is 33.7. The van der Waals surface area contributed by atoms with Crippen LogP contribution in [0.2, 0.25) is 0 Å². The summed E-state index contributed by atoms with van der Waals surface area (Å²) in [4.78, 5) is 58.8. The Morgan fingerprint density at radius 3 is 2.42 bits per heavy atom. The van der Waals surface area contributed by atoms with Gasteiger partial charge in [-0.2, -0.15) is 0 Å². The number of rotatable bonds is 7. The largest absolute Gasteiger partial charge is 0.377 e. The molecule has 4 aliphatic heterocycles. The van der Waals surface area contributed by atoms with Crippen LogP contribution in [-0.4, -0.2) is 117 Å². The molecule has 6 rings (SSSR count). The molecule has 0 spiro atoms. The quantitative estimate of drug-likeness (QED) is 0.436. The van der Waals surface area contributed by atoms with Gasteiger partial charge in [0.05, 0.1) is 19.8 Å². The van der Waals surface area contributed by atoms with E-state index in [0.29, 0.717) is 64.2 Å². The highest BCUT2D eigenvalue weighted by atomic mass is 19.1. The fourth-order valence-corrected chi connectivity index (χ4v) is 6.91. The predicted octanol–water partition coefficient (Wildman–Crippen LogP) is 2.46. The van der Waals surface area contributed by atoms with Crippen molar-refractivity contribution in [3.8, 4) is 0 Å². The van der Waals surface area contributed by atoms with Crippen molar-refractivity contribution in [1.29, 1.82) is 0 Å². The molecule has 4 fully saturated rings. The summed E-state index contributed by atoms with van der Waals surface area (Å²) in [6, 6.07) is 15.6. The van der Waals surface area contributed by atoms with E-state index in [1.807, 2.05) is 23.1 Å². The van der Waals surface area contributed by atoms with Crippen LogP contribution in [0, 0.1) is 17.7 Å². The van der Waals surface area contributed by atoms with E-state index in [1.54, 1.807) is 4.90 Å². The Labute approximate surface area is 282 Å². The molecule has 4 aliphatic rings. The third-order valence-electron chi connectivity index (χ3n) is 9.64. The van der Waals surface area contributed by atoms with E-state index >= 15 is 0 Å². The highest BCUT2D eigenvalue weighted by molar-refractivity contribution is 5.94. The van der Waals surface area contributed by atoms with Gasteiger partial charge in [-0.3, -0.25) is 24.1 Å². The van der Waals surface area contributed by atoms with Gasteiger partial charge < -0.3 is 29.9 Å². The molecule has 0 saturated carbocycles. The zero-order valence-electron chi connectivity index (χ0n) is 27.6. The number of halogens is 1. The van der Waals surface area contributed by atoms with E-state index in [-0.39, 0.29) is 61.3 Å². The van der Waals surface area contributed by atoms with Crippen molar-refractivity contribution in [1.82, 2.24) is 25.3 Å². The number of hydrogen-bond acceptors (Lipinski definition) is 7. The van der Waals surface area contributed by atoms with Gasteiger partial charge >= 0.3 is 0 Å². The minimum Gasteiger partial charge on any atom is -0.377 e. The topological polar surface area (TPSA) is 121 Å². The Morgan fingerprint density at radius 2 is 1.65 bits per heavy atom. The van der Waals surface area contributed by atoms with Crippen LogP contribution >= 0.6 is 0 Å². The average molecular weight is 666 g/mol. The first-order valence-electron chi connectivity index (χ1n) is 17.1.